The van der Waals surface area contributed by atoms with Gasteiger partial charge in [-0.05, 0) is 72.6 Å². The molecule has 0 bridgehead atoms. The molecule has 0 spiro atoms. The van der Waals surface area contributed by atoms with E-state index in [2.05, 4.69) is 27.5 Å². The first-order valence-electron chi connectivity index (χ1n) is 10.6. The van der Waals surface area contributed by atoms with E-state index in [0.717, 1.165) is 35.6 Å². The van der Waals surface area contributed by atoms with Crippen molar-refractivity contribution >= 4 is 17.6 Å². The third kappa shape index (κ3) is 7.12. The molecule has 1 amide bonds. The number of hydrogen-bond donors (Lipinski definition) is 2. The molecule has 7 nitrogen and oxygen atoms in total. The first kappa shape index (κ1) is 22.8. The van der Waals surface area contributed by atoms with Crippen LogP contribution in [0.4, 0.5) is 5.69 Å². The van der Waals surface area contributed by atoms with E-state index in [4.69, 9.17) is 9.47 Å². The normalized spacial score (nSPS) is 11.0. The monoisotopic (exact) mass is 432 g/mol. The summed E-state index contributed by atoms with van der Waals surface area (Å²) in [5.41, 5.74) is 2.28. The molecule has 0 saturated heterocycles. The van der Waals surface area contributed by atoms with Gasteiger partial charge in [-0.15, -0.1) is 0 Å². The van der Waals surface area contributed by atoms with Crippen LogP contribution in [-0.4, -0.2) is 30.6 Å². The van der Waals surface area contributed by atoms with Crippen LogP contribution in [0.1, 0.15) is 35.7 Å². The van der Waals surface area contributed by atoms with E-state index in [1.54, 1.807) is 43.8 Å². The molecule has 0 saturated carbocycles. The van der Waals surface area contributed by atoms with Crippen LogP contribution in [0.2, 0.25) is 0 Å². The van der Waals surface area contributed by atoms with Crippen LogP contribution in [0.5, 0.6) is 11.5 Å². The fourth-order valence-electron chi connectivity index (χ4n) is 2.80. The first-order chi connectivity index (χ1) is 15.7. The molecule has 0 radical (unpaired) electrons. The van der Waals surface area contributed by atoms with Gasteiger partial charge in [0.2, 0.25) is 5.96 Å². The Morgan fingerprint density at radius 1 is 0.969 bits per heavy atom. The van der Waals surface area contributed by atoms with Crippen LogP contribution in [0.3, 0.4) is 0 Å². The fourth-order valence-corrected chi connectivity index (χ4v) is 2.80. The summed E-state index contributed by atoms with van der Waals surface area (Å²) in [6.45, 7) is 3.18. The van der Waals surface area contributed by atoms with Crippen molar-refractivity contribution < 1.29 is 14.3 Å². The number of nitrogens with zero attached hydrogens (tertiary/aromatic N) is 2. The predicted molar refractivity (Wildman–Crippen MR) is 126 cm³/mol. The standard InChI is InChI=1S/C25H28N4O3/c1-3-4-17-32-23-9-5-20(6-10-23)24(30)29-25(27-18-19-13-15-26-16-14-19)28-21-7-11-22(31-2)12-8-21/h5-16H,3-4,17-18H2,1-2H3,(H2,27,28,29,30). The Bertz CT molecular complexity index is 1000. The van der Waals surface area contributed by atoms with Gasteiger partial charge in [0, 0.05) is 23.6 Å². The van der Waals surface area contributed by atoms with Crippen molar-refractivity contribution in [1.29, 1.82) is 0 Å². The van der Waals surface area contributed by atoms with Gasteiger partial charge in [0.1, 0.15) is 11.5 Å². The van der Waals surface area contributed by atoms with Crippen molar-refractivity contribution in [3.8, 4) is 11.5 Å². The molecule has 2 N–H and O–H groups in total. The molecule has 32 heavy (non-hydrogen) atoms. The maximum atomic E-state index is 12.8. The zero-order valence-corrected chi connectivity index (χ0v) is 18.4. The molecule has 3 rings (SSSR count). The summed E-state index contributed by atoms with van der Waals surface area (Å²) in [5.74, 6) is 1.58. The Balaban J connectivity index is 1.71. The third-order valence-corrected chi connectivity index (χ3v) is 4.64. The second-order valence-electron chi connectivity index (χ2n) is 7.05. The average Bonchev–Trinajstić information content (AvgIpc) is 2.84. The zero-order valence-electron chi connectivity index (χ0n) is 18.4. The fraction of sp³-hybridized carbons (Fsp3) is 0.240. The van der Waals surface area contributed by atoms with E-state index in [0.29, 0.717) is 24.7 Å². The number of benzene rings is 2. The lowest BCUT2D eigenvalue weighted by Gasteiger charge is -2.13. The number of guanidine groups is 1. The van der Waals surface area contributed by atoms with Crippen molar-refractivity contribution in [2.24, 2.45) is 4.99 Å². The minimum atomic E-state index is -0.264. The molecule has 166 valence electrons. The lowest BCUT2D eigenvalue weighted by Crippen LogP contribution is -2.36. The molecule has 1 heterocycles. The smallest absolute Gasteiger partial charge is 0.257 e. The van der Waals surface area contributed by atoms with Gasteiger partial charge >= 0.3 is 0 Å². The second-order valence-corrected chi connectivity index (χ2v) is 7.05. The largest absolute Gasteiger partial charge is 0.497 e. The van der Waals surface area contributed by atoms with Gasteiger partial charge in [0.25, 0.3) is 5.91 Å². The molecule has 3 aromatic rings. The van der Waals surface area contributed by atoms with Crippen LogP contribution in [-0.2, 0) is 6.54 Å². The molecule has 0 aliphatic carbocycles. The first-order valence-corrected chi connectivity index (χ1v) is 10.6. The number of ether oxygens (including phenoxy) is 2. The summed E-state index contributed by atoms with van der Waals surface area (Å²) in [6, 6.07) is 18.2. The Morgan fingerprint density at radius 3 is 2.31 bits per heavy atom. The number of unbranched alkanes of at least 4 members (excludes halogenated alkanes) is 1. The second kappa shape index (κ2) is 12.1. The Hall–Kier alpha value is -3.87. The molecule has 0 fully saturated rings. The van der Waals surface area contributed by atoms with Crippen LogP contribution < -0.4 is 20.1 Å². The number of methoxy groups -OCH3 is 1. The van der Waals surface area contributed by atoms with E-state index < -0.39 is 0 Å². The van der Waals surface area contributed by atoms with Crippen molar-refractivity contribution in [2.75, 3.05) is 19.0 Å². The number of aliphatic imine (C=N–C) groups is 1. The SMILES string of the molecule is CCCCOc1ccc(C(=O)NC(=NCc2ccncc2)Nc2ccc(OC)cc2)cc1. The van der Waals surface area contributed by atoms with Gasteiger partial charge in [0.05, 0.1) is 20.3 Å². The summed E-state index contributed by atoms with van der Waals surface area (Å²) >= 11 is 0. The number of nitrogens with one attached hydrogen (secondary N) is 2. The van der Waals surface area contributed by atoms with E-state index in [9.17, 15) is 4.79 Å². The van der Waals surface area contributed by atoms with E-state index in [1.165, 1.54) is 0 Å². The van der Waals surface area contributed by atoms with E-state index >= 15 is 0 Å². The number of rotatable bonds is 9. The molecule has 2 aromatic carbocycles. The van der Waals surface area contributed by atoms with Gasteiger partial charge in [-0.2, -0.15) is 0 Å². The number of aromatic nitrogens is 1. The van der Waals surface area contributed by atoms with Gasteiger partial charge in [0.15, 0.2) is 0 Å². The quantitative estimate of drug-likeness (QED) is 0.292. The summed E-state index contributed by atoms with van der Waals surface area (Å²) in [5, 5.41) is 6.03. The molecular weight excluding hydrogens is 404 g/mol. The van der Waals surface area contributed by atoms with Crippen molar-refractivity contribution in [3.05, 3.63) is 84.2 Å². The van der Waals surface area contributed by atoms with Crippen LogP contribution >= 0.6 is 0 Å². The average molecular weight is 433 g/mol. The molecule has 0 atom stereocenters. The minimum absolute atomic E-state index is 0.264. The molecule has 0 aliphatic rings. The van der Waals surface area contributed by atoms with Gasteiger partial charge in [-0.3, -0.25) is 15.1 Å². The Labute approximate surface area is 188 Å². The summed E-state index contributed by atoms with van der Waals surface area (Å²) in [6.07, 6.45) is 5.49. The van der Waals surface area contributed by atoms with Crippen molar-refractivity contribution in [3.63, 3.8) is 0 Å². The number of hydrogen-bond acceptors (Lipinski definition) is 5. The molecule has 7 heteroatoms. The number of carbonyl (C=O) groups excluding carboxylic acids is 1. The van der Waals surface area contributed by atoms with Gasteiger partial charge < -0.3 is 14.8 Å². The lowest BCUT2D eigenvalue weighted by molar-refractivity contribution is 0.0977. The van der Waals surface area contributed by atoms with E-state index in [1.807, 2.05) is 36.4 Å². The Morgan fingerprint density at radius 2 is 1.66 bits per heavy atom. The highest BCUT2D eigenvalue weighted by Crippen LogP contribution is 2.16. The maximum absolute atomic E-state index is 12.8. The van der Waals surface area contributed by atoms with Crippen molar-refractivity contribution in [2.45, 2.75) is 26.3 Å². The third-order valence-electron chi connectivity index (χ3n) is 4.64. The van der Waals surface area contributed by atoms with Gasteiger partial charge in [-0.1, -0.05) is 13.3 Å². The molecule has 0 aliphatic heterocycles. The summed E-state index contributed by atoms with van der Waals surface area (Å²) < 4.78 is 10.9. The highest BCUT2D eigenvalue weighted by atomic mass is 16.5. The number of pyridine rings is 1. The van der Waals surface area contributed by atoms with Crippen LogP contribution in [0, 0.1) is 0 Å². The van der Waals surface area contributed by atoms with Gasteiger partial charge in [-0.25, -0.2) is 4.99 Å². The summed E-state index contributed by atoms with van der Waals surface area (Å²) in [7, 11) is 1.62. The highest BCUT2D eigenvalue weighted by Gasteiger charge is 2.10. The summed E-state index contributed by atoms with van der Waals surface area (Å²) in [4.78, 5) is 21.4. The Kier molecular flexibility index (Phi) is 8.62. The molecule has 1 aromatic heterocycles. The topological polar surface area (TPSA) is 84.8 Å². The lowest BCUT2D eigenvalue weighted by atomic mass is 10.2. The number of carbonyl (C=O) groups is 1. The van der Waals surface area contributed by atoms with Crippen LogP contribution in [0.15, 0.2) is 78.0 Å². The maximum Gasteiger partial charge on any atom is 0.257 e. The van der Waals surface area contributed by atoms with Crippen molar-refractivity contribution in [1.82, 2.24) is 10.3 Å². The minimum Gasteiger partial charge on any atom is -0.497 e. The number of anilines is 1. The zero-order chi connectivity index (χ0) is 22.6. The predicted octanol–water partition coefficient (Wildman–Crippen LogP) is 4.67. The van der Waals surface area contributed by atoms with E-state index in [-0.39, 0.29) is 5.91 Å². The molecule has 0 unspecified atom stereocenters. The molecular formula is C25H28N4O3. The highest BCUT2D eigenvalue weighted by molar-refractivity contribution is 6.10. The van der Waals surface area contributed by atoms with Crippen LogP contribution in [0.25, 0.3) is 0 Å². The number of amides is 1.